The molecule has 0 saturated heterocycles. The molecule has 0 aliphatic rings. The van der Waals surface area contributed by atoms with E-state index < -0.39 is 5.97 Å². The third-order valence-electron chi connectivity index (χ3n) is 7.86. The molecule has 4 rings (SSSR count). The van der Waals surface area contributed by atoms with Crippen molar-refractivity contribution in [3.63, 3.8) is 0 Å². The molecule has 4 aromatic carbocycles. The van der Waals surface area contributed by atoms with Crippen LogP contribution in [-0.2, 0) is 9.53 Å². The minimum absolute atomic E-state index is 0.113. The number of allylic oxidation sites excluding steroid dienone is 1. The van der Waals surface area contributed by atoms with Crippen molar-refractivity contribution >= 4 is 35.2 Å². The Balaban J connectivity index is 1.16. The number of hydrogen-bond donors (Lipinski definition) is 0. The summed E-state index contributed by atoms with van der Waals surface area (Å²) < 4.78 is 22.0. The van der Waals surface area contributed by atoms with Crippen molar-refractivity contribution in [1.29, 1.82) is 0 Å². The third kappa shape index (κ3) is 14.2. The van der Waals surface area contributed by atoms with E-state index in [0.29, 0.717) is 48.1 Å². The Hall–Kier alpha value is -5.83. The Morgan fingerprint density at radius 2 is 1.10 bits per heavy atom. The van der Waals surface area contributed by atoms with E-state index in [1.807, 2.05) is 36.4 Å². The first-order valence-electron chi connectivity index (χ1n) is 17.7. The monoisotopic (exact) mass is 702 g/mol. The van der Waals surface area contributed by atoms with Crippen LogP contribution in [0.5, 0.6) is 17.2 Å². The number of esters is 2. The van der Waals surface area contributed by atoms with Crippen molar-refractivity contribution in [2.45, 2.75) is 58.3 Å². The molecule has 270 valence electrons. The summed E-state index contributed by atoms with van der Waals surface area (Å²) in [5.41, 5.74) is 3.00. The van der Waals surface area contributed by atoms with Crippen molar-refractivity contribution in [2.75, 3.05) is 19.8 Å². The predicted octanol–water partition coefficient (Wildman–Crippen LogP) is 10.8. The zero-order chi connectivity index (χ0) is 36.8. The highest BCUT2D eigenvalue weighted by molar-refractivity contribution is 6.06. The fraction of sp³-hybridized carbons (Fsp3) is 0.279. The van der Waals surface area contributed by atoms with Crippen LogP contribution in [0.3, 0.4) is 0 Å². The first-order chi connectivity index (χ1) is 25.4. The summed E-state index contributed by atoms with van der Waals surface area (Å²) in [5.74, 6) is 0.896. The van der Waals surface area contributed by atoms with Gasteiger partial charge in [0.05, 0.1) is 36.8 Å². The molecule has 0 aliphatic carbocycles. The summed E-state index contributed by atoms with van der Waals surface area (Å²) >= 11 is 0. The third-order valence-corrected chi connectivity index (χ3v) is 7.86. The lowest BCUT2D eigenvalue weighted by molar-refractivity contribution is -0.137. The van der Waals surface area contributed by atoms with Gasteiger partial charge in [-0.15, -0.1) is 0 Å². The van der Waals surface area contributed by atoms with Gasteiger partial charge >= 0.3 is 11.9 Å². The fourth-order valence-corrected chi connectivity index (χ4v) is 4.88. The number of ketones is 1. The highest BCUT2D eigenvalue weighted by Gasteiger charge is 2.09. The van der Waals surface area contributed by atoms with Crippen LogP contribution in [0.2, 0.25) is 0 Å². The number of ether oxygens (including phenoxy) is 4. The summed E-state index contributed by atoms with van der Waals surface area (Å²) in [6, 6.07) is 28.1. The van der Waals surface area contributed by atoms with Crippen LogP contribution in [0.15, 0.2) is 126 Å². The first-order valence-corrected chi connectivity index (χ1v) is 17.7. The van der Waals surface area contributed by atoms with Gasteiger partial charge in [-0.3, -0.25) is 4.79 Å². The number of nitrogens with zero attached hydrogens (tertiary/aromatic N) is 2. The second-order valence-electron chi connectivity index (χ2n) is 12.0. The van der Waals surface area contributed by atoms with Gasteiger partial charge in [-0.1, -0.05) is 51.0 Å². The fourth-order valence-electron chi connectivity index (χ4n) is 4.88. The van der Waals surface area contributed by atoms with Crippen molar-refractivity contribution in [1.82, 2.24) is 0 Å². The Morgan fingerprint density at radius 3 is 1.67 bits per heavy atom. The van der Waals surface area contributed by atoms with Crippen molar-refractivity contribution in [3.05, 3.63) is 132 Å². The van der Waals surface area contributed by atoms with Gasteiger partial charge in [0, 0.05) is 11.6 Å². The second-order valence-corrected chi connectivity index (χ2v) is 12.0. The molecule has 0 atom stereocenters. The molecule has 0 N–H and O–H groups in total. The zero-order valence-corrected chi connectivity index (χ0v) is 29.7. The summed E-state index contributed by atoms with van der Waals surface area (Å²) in [5, 5.41) is 8.53. The molecule has 0 radical (unpaired) electrons. The molecule has 0 heterocycles. The maximum absolute atomic E-state index is 12.7. The lowest BCUT2D eigenvalue weighted by atomic mass is 10.1. The van der Waals surface area contributed by atoms with Gasteiger partial charge in [-0.2, -0.15) is 10.2 Å². The Bertz CT molecular complexity index is 1760. The van der Waals surface area contributed by atoms with Crippen molar-refractivity contribution < 1.29 is 33.3 Å². The molecular weight excluding hydrogens is 656 g/mol. The van der Waals surface area contributed by atoms with Crippen LogP contribution >= 0.6 is 0 Å². The highest BCUT2D eigenvalue weighted by Crippen LogP contribution is 2.23. The van der Waals surface area contributed by atoms with Crippen LogP contribution in [0.25, 0.3) is 6.08 Å². The highest BCUT2D eigenvalue weighted by atomic mass is 16.5. The van der Waals surface area contributed by atoms with E-state index in [1.165, 1.54) is 25.0 Å². The summed E-state index contributed by atoms with van der Waals surface area (Å²) in [4.78, 5) is 36.4. The van der Waals surface area contributed by atoms with Crippen molar-refractivity contribution in [2.24, 2.45) is 10.2 Å². The quantitative estimate of drug-likeness (QED) is 0.0200. The molecular formula is C43H46N2O7. The molecule has 0 aromatic heterocycles. The van der Waals surface area contributed by atoms with E-state index in [-0.39, 0.29) is 11.8 Å². The van der Waals surface area contributed by atoms with Gasteiger partial charge in [0.2, 0.25) is 0 Å². The second kappa shape index (κ2) is 22.1. The molecule has 4 aromatic rings. The van der Waals surface area contributed by atoms with Gasteiger partial charge in [0.25, 0.3) is 0 Å². The maximum Gasteiger partial charge on any atom is 0.343 e. The average molecular weight is 703 g/mol. The minimum Gasteiger partial charge on any atom is -0.494 e. The van der Waals surface area contributed by atoms with Gasteiger partial charge in [-0.25, -0.2) is 9.59 Å². The Labute approximate surface area is 306 Å². The molecule has 0 bridgehead atoms. The molecule has 0 amide bonds. The van der Waals surface area contributed by atoms with Crippen LogP contribution in [0.1, 0.15) is 84.6 Å². The van der Waals surface area contributed by atoms with E-state index in [9.17, 15) is 14.4 Å². The minimum atomic E-state index is -0.500. The molecule has 0 saturated carbocycles. The lowest BCUT2D eigenvalue weighted by Crippen LogP contribution is -2.07. The first kappa shape index (κ1) is 39.0. The van der Waals surface area contributed by atoms with Crippen LogP contribution < -0.4 is 14.2 Å². The van der Waals surface area contributed by atoms with Crippen LogP contribution in [-0.4, -0.2) is 37.5 Å². The van der Waals surface area contributed by atoms with E-state index in [0.717, 1.165) is 55.6 Å². The smallest absolute Gasteiger partial charge is 0.343 e. The molecule has 52 heavy (non-hydrogen) atoms. The maximum atomic E-state index is 12.7. The lowest BCUT2D eigenvalue weighted by Gasteiger charge is -2.06. The van der Waals surface area contributed by atoms with Gasteiger partial charge in [0.15, 0.2) is 5.78 Å². The van der Waals surface area contributed by atoms with Gasteiger partial charge in [-0.05, 0) is 129 Å². The van der Waals surface area contributed by atoms with Crippen molar-refractivity contribution in [3.8, 4) is 17.2 Å². The normalized spacial score (nSPS) is 11.0. The molecule has 9 heteroatoms. The van der Waals surface area contributed by atoms with E-state index in [2.05, 4.69) is 23.7 Å². The van der Waals surface area contributed by atoms with E-state index >= 15 is 0 Å². The summed E-state index contributed by atoms with van der Waals surface area (Å²) in [6.07, 6.45) is 12.7. The van der Waals surface area contributed by atoms with Crippen LogP contribution in [0, 0.1) is 0 Å². The molecule has 0 unspecified atom stereocenters. The van der Waals surface area contributed by atoms with Crippen LogP contribution in [0.4, 0.5) is 11.4 Å². The van der Waals surface area contributed by atoms with E-state index in [1.54, 1.807) is 66.7 Å². The Morgan fingerprint density at radius 1 is 0.596 bits per heavy atom. The summed E-state index contributed by atoms with van der Waals surface area (Å²) in [7, 11) is 0. The Kier molecular flexibility index (Phi) is 16.5. The number of carbonyl (C=O) groups excluding carboxylic acids is 3. The average Bonchev–Trinajstić information content (AvgIpc) is 3.18. The number of carbonyl (C=O) groups is 3. The number of hydrogen-bond acceptors (Lipinski definition) is 9. The number of rotatable bonds is 22. The van der Waals surface area contributed by atoms with Gasteiger partial charge < -0.3 is 18.9 Å². The molecule has 0 spiro atoms. The SMILES string of the molecule is C=CC(=O)OCCCCCCOc1ccc(/N=N/c2ccc(C(=O)Oc3ccc(/C=C/C(=O)c4ccc(OCCCCCC)cc4)cc3)cc2)cc1. The topological polar surface area (TPSA) is 113 Å². The number of benzene rings is 4. The largest absolute Gasteiger partial charge is 0.494 e. The summed E-state index contributed by atoms with van der Waals surface area (Å²) in [6.45, 7) is 7.23. The molecule has 0 fully saturated rings. The zero-order valence-electron chi connectivity index (χ0n) is 29.7. The molecule has 9 nitrogen and oxygen atoms in total. The predicted molar refractivity (Wildman–Crippen MR) is 203 cm³/mol. The van der Waals surface area contributed by atoms with E-state index in [4.69, 9.17) is 18.9 Å². The number of unbranched alkanes of at least 4 members (excludes halogenated alkanes) is 6. The number of azo groups is 1. The van der Waals surface area contributed by atoms with Gasteiger partial charge in [0.1, 0.15) is 17.2 Å². The standard InChI is InChI=1S/C43H46N2O7/c1-3-5-6-9-30-49-38-25-17-34(18-26-38)41(46)29-14-33-12-23-40(24-13-33)52-43(48)35-15-19-36(20-16-35)44-45-37-21-27-39(28-22-37)50-31-10-7-8-11-32-51-42(47)4-2/h4,12-29H,2-3,5-11,30-32H2,1H3/b29-14+,45-44+. The molecule has 0 aliphatic heterocycles.